The molecule has 160 valence electrons. The Morgan fingerprint density at radius 3 is 2.84 bits per heavy atom. The highest BCUT2D eigenvalue weighted by Crippen LogP contribution is 2.35. The van der Waals surface area contributed by atoms with Crippen molar-refractivity contribution in [1.29, 1.82) is 0 Å². The van der Waals surface area contributed by atoms with E-state index in [-0.39, 0.29) is 24.1 Å². The fourth-order valence-corrected chi connectivity index (χ4v) is 4.19. The Bertz CT molecular complexity index is 1090. The summed E-state index contributed by atoms with van der Waals surface area (Å²) < 4.78 is 10.8. The van der Waals surface area contributed by atoms with Crippen LogP contribution >= 0.6 is 0 Å². The van der Waals surface area contributed by atoms with Crippen LogP contribution in [0.2, 0.25) is 0 Å². The molecule has 0 saturated carbocycles. The minimum atomic E-state index is -0.394. The maximum atomic E-state index is 11.6. The number of nitro groups is 1. The van der Waals surface area contributed by atoms with E-state index in [1.807, 2.05) is 18.2 Å². The Morgan fingerprint density at radius 1 is 1.19 bits per heavy atom. The van der Waals surface area contributed by atoms with Crippen LogP contribution in [0.25, 0.3) is 11.3 Å². The van der Waals surface area contributed by atoms with E-state index < -0.39 is 4.92 Å². The third kappa shape index (κ3) is 4.67. The molecule has 1 unspecified atom stereocenters. The maximum absolute atomic E-state index is 11.6. The van der Waals surface area contributed by atoms with Gasteiger partial charge < -0.3 is 9.15 Å². The van der Waals surface area contributed by atoms with Gasteiger partial charge in [0.15, 0.2) is 0 Å². The number of methoxy groups -OCH3 is 1. The lowest BCUT2D eigenvalue weighted by Crippen LogP contribution is -2.22. The molecule has 31 heavy (non-hydrogen) atoms. The van der Waals surface area contributed by atoms with Crippen LogP contribution in [0.15, 0.2) is 65.1 Å². The molecule has 1 aromatic heterocycles. The van der Waals surface area contributed by atoms with Gasteiger partial charge >= 0.3 is 5.97 Å². The van der Waals surface area contributed by atoms with Crippen LogP contribution in [0.1, 0.15) is 35.8 Å². The zero-order chi connectivity index (χ0) is 21.8. The van der Waals surface area contributed by atoms with Gasteiger partial charge in [-0.3, -0.25) is 19.8 Å². The standard InChI is InChI=1S/C24H24N2O5/c1-30-24(27)15-17-6-4-7-18(14-17)21-10-5-13-25(21)16-19-11-12-23(31-19)20-8-2-3-9-22(20)26(28)29/h2-4,6-9,11-12,14,21H,5,10,13,15-16H2,1H3. The number of likely N-dealkylation sites (tertiary alicyclic amines) is 1. The second-order valence-electron chi connectivity index (χ2n) is 7.67. The summed E-state index contributed by atoms with van der Waals surface area (Å²) in [6.45, 7) is 1.56. The van der Waals surface area contributed by atoms with Crippen molar-refractivity contribution in [2.45, 2.75) is 31.8 Å². The molecule has 0 N–H and O–H groups in total. The largest absolute Gasteiger partial charge is 0.469 e. The number of rotatable bonds is 7. The molecule has 7 heteroatoms. The summed E-state index contributed by atoms with van der Waals surface area (Å²) in [5.41, 5.74) is 2.62. The van der Waals surface area contributed by atoms with Crippen LogP contribution < -0.4 is 0 Å². The van der Waals surface area contributed by atoms with E-state index in [1.54, 1.807) is 24.3 Å². The van der Waals surface area contributed by atoms with Crippen LogP contribution in [0.4, 0.5) is 5.69 Å². The van der Waals surface area contributed by atoms with E-state index in [1.165, 1.54) is 18.7 Å². The molecular weight excluding hydrogens is 396 g/mol. The zero-order valence-electron chi connectivity index (χ0n) is 17.3. The minimum absolute atomic E-state index is 0.0323. The first-order chi connectivity index (χ1) is 15.0. The summed E-state index contributed by atoms with van der Waals surface area (Å²) in [5, 5.41) is 11.3. The van der Waals surface area contributed by atoms with E-state index in [9.17, 15) is 14.9 Å². The van der Waals surface area contributed by atoms with Gasteiger partial charge in [-0.25, -0.2) is 0 Å². The first-order valence-electron chi connectivity index (χ1n) is 10.3. The Kier molecular flexibility index (Phi) is 6.13. The normalized spacial score (nSPS) is 16.4. The van der Waals surface area contributed by atoms with Crippen molar-refractivity contribution in [3.05, 3.63) is 87.7 Å². The average Bonchev–Trinajstić information content (AvgIpc) is 3.44. The van der Waals surface area contributed by atoms with Gasteiger partial charge in [0.2, 0.25) is 0 Å². The molecule has 4 rings (SSSR count). The van der Waals surface area contributed by atoms with E-state index in [2.05, 4.69) is 17.0 Å². The van der Waals surface area contributed by atoms with Crippen molar-refractivity contribution in [2.75, 3.05) is 13.7 Å². The third-order valence-corrected chi connectivity index (χ3v) is 5.66. The average molecular weight is 420 g/mol. The fourth-order valence-electron chi connectivity index (χ4n) is 4.19. The molecule has 7 nitrogen and oxygen atoms in total. The van der Waals surface area contributed by atoms with Gasteiger partial charge in [-0.2, -0.15) is 0 Å². The number of esters is 1. The van der Waals surface area contributed by atoms with Crippen molar-refractivity contribution >= 4 is 11.7 Å². The lowest BCUT2D eigenvalue weighted by atomic mass is 10.0. The highest BCUT2D eigenvalue weighted by atomic mass is 16.6. The molecule has 1 atom stereocenters. The van der Waals surface area contributed by atoms with Crippen LogP contribution in [-0.4, -0.2) is 29.4 Å². The molecular formula is C24H24N2O5. The number of ether oxygens (including phenoxy) is 1. The van der Waals surface area contributed by atoms with Gasteiger partial charge in [-0.15, -0.1) is 0 Å². The lowest BCUT2D eigenvalue weighted by Gasteiger charge is -2.24. The van der Waals surface area contributed by atoms with Crippen LogP contribution in [0.3, 0.4) is 0 Å². The summed E-state index contributed by atoms with van der Waals surface area (Å²) in [4.78, 5) is 24.9. The molecule has 2 heterocycles. The number of nitrogens with zero attached hydrogens (tertiary/aromatic N) is 2. The number of carbonyl (C=O) groups excluding carboxylic acids is 1. The second-order valence-corrected chi connectivity index (χ2v) is 7.67. The summed E-state index contributed by atoms with van der Waals surface area (Å²) >= 11 is 0. The van der Waals surface area contributed by atoms with Crippen molar-refractivity contribution in [3.63, 3.8) is 0 Å². The molecule has 1 fully saturated rings. The number of hydrogen-bond donors (Lipinski definition) is 0. The highest BCUT2D eigenvalue weighted by Gasteiger charge is 2.27. The van der Waals surface area contributed by atoms with Crippen LogP contribution in [0, 0.1) is 10.1 Å². The first-order valence-corrected chi connectivity index (χ1v) is 10.3. The number of furan rings is 1. The summed E-state index contributed by atoms with van der Waals surface area (Å²) in [6, 6.07) is 18.6. The van der Waals surface area contributed by atoms with Crippen molar-refractivity contribution in [1.82, 2.24) is 4.90 Å². The monoisotopic (exact) mass is 420 g/mol. The van der Waals surface area contributed by atoms with Gasteiger partial charge in [0.1, 0.15) is 11.5 Å². The quantitative estimate of drug-likeness (QED) is 0.307. The lowest BCUT2D eigenvalue weighted by molar-refractivity contribution is -0.384. The van der Waals surface area contributed by atoms with E-state index in [0.717, 1.165) is 30.7 Å². The topological polar surface area (TPSA) is 85.8 Å². The molecule has 0 spiro atoms. The van der Waals surface area contributed by atoms with E-state index in [4.69, 9.17) is 9.15 Å². The van der Waals surface area contributed by atoms with E-state index in [0.29, 0.717) is 17.9 Å². The molecule has 3 aromatic rings. The highest BCUT2D eigenvalue weighted by molar-refractivity contribution is 5.72. The van der Waals surface area contributed by atoms with Crippen LogP contribution in [0.5, 0.6) is 0 Å². The number of benzene rings is 2. The fraction of sp³-hybridized carbons (Fsp3) is 0.292. The van der Waals surface area contributed by atoms with Crippen molar-refractivity contribution < 1.29 is 18.9 Å². The summed E-state index contributed by atoms with van der Waals surface area (Å²) in [6.07, 6.45) is 2.36. The maximum Gasteiger partial charge on any atom is 0.309 e. The number of para-hydroxylation sites is 1. The number of carbonyl (C=O) groups is 1. The molecule has 2 aromatic carbocycles. The number of hydrogen-bond acceptors (Lipinski definition) is 6. The first kappa shape index (κ1) is 20.8. The molecule has 0 radical (unpaired) electrons. The smallest absolute Gasteiger partial charge is 0.309 e. The predicted molar refractivity (Wildman–Crippen MR) is 115 cm³/mol. The molecule has 1 aliphatic heterocycles. The van der Waals surface area contributed by atoms with Gasteiger partial charge in [0.05, 0.1) is 30.6 Å². The molecule has 1 saturated heterocycles. The molecule has 0 amide bonds. The van der Waals surface area contributed by atoms with Crippen LogP contribution in [-0.2, 0) is 22.5 Å². The van der Waals surface area contributed by atoms with Gasteiger partial charge in [-0.1, -0.05) is 36.4 Å². The Balaban J connectivity index is 1.51. The Morgan fingerprint density at radius 2 is 2.03 bits per heavy atom. The van der Waals surface area contributed by atoms with Gasteiger partial charge in [0, 0.05) is 12.1 Å². The number of nitro benzene ring substituents is 1. The molecule has 0 bridgehead atoms. The van der Waals surface area contributed by atoms with Crippen molar-refractivity contribution in [3.8, 4) is 11.3 Å². The molecule has 0 aliphatic carbocycles. The SMILES string of the molecule is COC(=O)Cc1cccc(C2CCCN2Cc2ccc(-c3ccccc3[N+](=O)[O-])o2)c1. The van der Waals surface area contributed by atoms with Gasteiger partial charge in [0.25, 0.3) is 5.69 Å². The molecule has 1 aliphatic rings. The van der Waals surface area contributed by atoms with Crippen molar-refractivity contribution in [2.24, 2.45) is 0 Å². The Labute approximate surface area is 180 Å². The van der Waals surface area contributed by atoms with Gasteiger partial charge in [-0.05, 0) is 48.7 Å². The Hall–Kier alpha value is -3.45. The second kappa shape index (κ2) is 9.14. The zero-order valence-corrected chi connectivity index (χ0v) is 17.3. The van der Waals surface area contributed by atoms with E-state index >= 15 is 0 Å². The summed E-state index contributed by atoms with van der Waals surface area (Å²) in [5.74, 6) is 1.02. The minimum Gasteiger partial charge on any atom is -0.469 e. The summed E-state index contributed by atoms with van der Waals surface area (Å²) in [7, 11) is 1.40. The predicted octanol–water partition coefficient (Wildman–Crippen LogP) is 4.91. The third-order valence-electron chi connectivity index (χ3n) is 5.66.